The van der Waals surface area contributed by atoms with Gasteiger partial charge in [-0.15, -0.1) is 6.58 Å². The summed E-state index contributed by atoms with van der Waals surface area (Å²) < 4.78 is 26.3. The van der Waals surface area contributed by atoms with Gasteiger partial charge in [0.05, 0.1) is 6.61 Å². The topological polar surface area (TPSA) is 79.9 Å². The molecule has 1 saturated heterocycles. The Kier molecular flexibility index (Phi) is 11.5. The van der Waals surface area contributed by atoms with Crippen molar-refractivity contribution in [3.63, 3.8) is 0 Å². The van der Waals surface area contributed by atoms with Crippen molar-refractivity contribution in [3.8, 4) is 5.75 Å². The molecule has 1 fully saturated rings. The number of allylic oxidation sites excluding steroid dienone is 1. The maximum atomic E-state index is 15.6. The largest absolute Gasteiger partial charge is 0.491 e. The average Bonchev–Trinajstić information content (AvgIpc) is 3.45. The molecule has 42 heavy (non-hydrogen) atoms. The van der Waals surface area contributed by atoms with E-state index in [-0.39, 0.29) is 29.7 Å². The lowest BCUT2D eigenvalue weighted by molar-refractivity contribution is -0.136. The molecule has 2 N–H and O–H groups in total. The standard InChI is InChI=1S/C34H44FN3O4/c1-8-11-29(33-27(23(3)9-2)20-26(21-28(33)35)42-19-18-41-7)36-24-13-15-25(16-14-24)37-31(39)22-32(40)38-17-10-12-30(38)34(4,5)6/h8-9,13-16,20-21,30,36H,1-2,10-12,17-19,22H2,3-7H3,(H,37,39)/b27-23-,33-29-. The van der Waals surface area contributed by atoms with Gasteiger partial charge in [0, 0.05) is 54.5 Å². The number of carbonyl (C=O) groups is 2. The Bertz CT molecular complexity index is 1410. The molecule has 2 aromatic carbocycles. The number of methoxy groups -OCH3 is 1. The van der Waals surface area contributed by atoms with E-state index < -0.39 is 5.82 Å². The zero-order valence-corrected chi connectivity index (χ0v) is 25.5. The predicted octanol–water partition coefficient (Wildman–Crippen LogP) is 5.37. The first-order chi connectivity index (χ1) is 20.0. The van der Waals surface area contributed by atoms with Crippen molar-refractivity contribution >= 4 is 34.5 Å². The molecule has 0 spiro atoms. The second kappa shape index (κ2) is 14.8. The Morgan fingerprint density at radius 1 is 1.10 bits per heavy atom. The third-order valence-electron chi connectivity index (χ3n) is 7.35. The number of anilines is 2. The molecular weight excluding hydrogens is 533 g/mol. The maximum absolute atomic E-state index is 15.6. The van der Waals surface area contributed by atoms with Crippen molar-refractivity contribution in [2.45, 2.75) is 59.4 Å². The Hall–Kier alpha value is -3.91. The van der Waals surface area contributed by atoms with Crippen LogP contribution in [-0.4, -0.2) is 49.6 Å². The lowest BCUT2D eigenvalue weighted by Crippen LogP contribution is -2.44. The molecule has 7 nitrogen and oxygen atoms in total. The summed E-state index contributed by atoms with van der Waals surface area (Å²) in [6.07, 6.45) is 5.48. The Balaban J connectivity index is 1.80. The van der Waals surface area contributed by atoms with Gasteiger partial charge >= 0.3 is 0 Å². The zero-order valence-electron chi connectivity index (χ0n) is 25.5. The van der Waals surface area contributed by atoms with Crippen LogP contribution in [0.1, 0.15) is 53.4 Å². The summed E-state index contributed by atoms with van der Waals surface area (Å²) in [4.78, 5) is 27.4. The summed E-state index contributed by atoms with van der Waals surface area (Å²) in [7, 11) is 1.58. The van der Waals surface area contributed by atoms with Crippen LogP contribution in [0, 0.1) is 11.2 Å². The third kappa shape index (κ3) is 8.55. The van der Waals surface area contributed by atoms with Crippen LogP contribution < -0.4 is 25.8 Å². The molecule has 1 atom stereocenters. The molecule has 0 aliphatic carbocycles. The molecule has 0 radical (unpaired) electrons. The zero-order chi connectivity index (χ0) is 30.9. The van der Waals surface area contributed by atoms with Gasteiger partial charge in [0.15, 0.2) is 0 Å². The minimum Gasteiger partial charge on any atom is -0.491 e. The summed E-state index contributed by atoms with van der Waals surface area (Å²) in [5.41, 5.74) is 2.65. The molecular formula is C34H44FN3O4. The van der Waals surface area contributed by atoms with Crippen molar-refractivity contribution in [2.75, 3.05) is 37.5 Å². The van der Waals surface area contributed by atoms with Crippen LogP contribution in [0.25, 0.3) is 11.3 Å². The van der Waals surface area contributed by atoms with Gasteiger partial charge in [-0.2, -0.15) is 0 Å². The lowest BCUT2D eigenvalue weighted by Gasteiger charge is -2.35. The van der Waals surface area contributed by atoms with E-state index >= 15 is 4.39 Å². The van der Waals surface area contributed by atoms with Crippen LogP contribution in [-0.2, 0) is 14.3 Å². The number of hydrogen-bond donors (Lipinski definition) is 2. The number of halogens is 1. The summed E-state index contributed by atoms with van der Waals surface area (Å²) in [5, 5.41) is 7.20. The van der Waals surface area contributed by atoms with Gasteiger partial charge in [0.1, 0.15) is 24.6 Å². The Labute approximate surface area is 248 Å². The quantitative estimate of drug-likeness (QED) is 0.202. The molecule has 0 aromatic heterocycles. The average molecular weight is 578 g/mol. The second-order valence-corrected chi connectivity index (χ2v) is 11.6. The molecule has 2 amide bonds. The smallest absolute Gasteiger partial charge is 0.233 e. The molecule has 1 aliphatic rings. The molecule has 1 unspecified atom stereocenters. The van der Waals surface area contributed by atoms with Crippen molar-refractivity contribution < 1.29 is 23.5 Å². The monoisotopic (exact) mass is 577 g/mol. The fourth-order valence-electron chi connectivity index (χ4n) is 5.22. The maximum Gasteiger partial charge on any atom is 0.233 e. The molecule has 226 valence electrons. The van der Waals surface area contributed by atoms with Crippen LogP contribution in [0.3, 0.4) is 0 Å². The van der Waals surface area contributed by atoms with E-state index in [0.717, 1.165) is 18.4 Å². The first kappa shape index (κ1) is 32.6. The van der Waals surface area contributed by atoms with E-state index in [1.165, 1.54) is 6.07 Å². The Morgan fingerprint density at radius 3 is 2.36 bits per heavy atom. The minimum absolute atomic E-state index is 0.0289. The van der Waals surface area contributed by atoms with E-state index in [1.54, 1.807) is 49.6 Å². The van der Waals surface area contributed by atoms with Gasteiger partial charge in [-0.1, -0.05) is 39.5 Å². The number of amides is 2. The van der Waals surface area contributed by atoms with E-state index in [4.69, 9.17) is 9.47 Å². The molecule has 3 rings (SSSR count). The summed E-state index contributed by atoms with van der Waals surface area (Å²) >= 11 is 0. The number of rotatable bonds is 12. The first-order valence-corrected chi connectivity index (χ1v) is 14.3. The van der Waals surface area contributed by atoms with Crippen molar-refractivity contribution in [1.82, 2.24) is 4.90 Å². The predicted molar refractivity (Wildman–Crippen MR) is 168 cm³/mol. The van der Waals surface area contributed by atoms with Crippen molar-refractivity contribution in [2.24, 2.45) is 5.41 Å². The third-order valence-corrected chi connectivity index (χ3v) is 7.35. The van der Waals surface area contributed by atoms with Crippen LogP contribution in [0.4, 0.5) is 15.8 Å². The normalized spacial score (nSPS) is 16.4. The first-order valence-electron chi connectivity index (χ1n) is 14.3. The van der Waals surface area contributed by atoms with Crippen LogP contribution in [0.15, 0.2) is 61.7 Å². The minimum atomic E-state index is -0.439. The molecule has 8 heteroatoms. The molecule has 1 aliphatic heterocycles. The van der Waals surface area contributed by atoms with Gasteiger partial charge in [-0.25, -0.2) is 4.39 Å². The number of ether oxygens (including phenoxy) is 2. The van der Waals surface area contributed by atoms with E-state index in [1.807, 2.05) is 11.8 Å². The summed E-state index contributed by atoms with van der Waals surface area (Å²) in [6, 6.07) is 10.4. The van der Waals surface area contributed by atoms with E-state index in [0.29, 0.717) is 59.4 Å². The van der Waals surface area contributed by atoms with Gasteiger partial charge < -0.3 is 25.0 Å². The molecule has 2 aromatic rings. The number of likely N-dealkylation sites (tertiary alicyclic amines) is 1. The van der Waals surface area contributed by atoms with Gasteiger partial charge in [0.25, 0.3) is 0 Å². The van der Waals surface area contributed by atoms with Gasteiger partial charge in [-0.05, 0) is 66.3 Å². The highest BCUT2D eigenvalue weighted by Gasteiger charge is 2.37. The molecule has 1 heterocycles. The van der Waals surface area contributed by atoms with Gasteiger partial charge in [-0.3, -0.25) is 9.59 Å². The van der Waals surface area contributed by atoms with Crippen LogP contribution in [0.5, 0.6) is 5.75 Å². The molecule has 0 bridgehead atoms. The van der Waals surface area contributed by atoms with Gasteiger partial charge in [0.2, 0.25) is 11.8 Å². The fraction of sp³-hybridized carbons (Fsp3) is 0.412. The summed E-state index contributed by atoms with van der Waals surface area (Å²) in [6.45, 7) is 17.3. The number of nitrogens with zero attached hydrogens (tertiary/aromatic N) is 1. The van der Waals surface area contributed by atoms with E-state index in [2.05, 4.69) is 44.6 Å². The van der Waals surface area contributed by atoms with Crippen LogP contribution in [0.2, 0.25) is 0 Å². The highest BCUT2D eigenvalue weighted by molar-refractivity contribution is 6.03. The second-order valence-electron chi connectivity index (χ2n) is 11.6. The number of carbonyl (C=O) groups excluding carboxylic acids is 2. The SMILES string of the molecule is C=CC/C(Nc1ccc(NC(=O)CC(=O)N2CCCC2C(C)(C)C)cc1)=c1/c(F)cc(OCCOC)c/c1=C(\C)C=C. The van der Waals surface area contributed by atoms with Crippen molar-refractivity contribution in [3.05, 3.63) is 78.0 Å². The number of benzene rings is 2. The fourth-order valence-corrected chi connectivity index (χ4v) is 5.22. The summed E-state index contributed by atoms with van der Waals surface area (Å²) in [5.74, 6) is -0.536. The van der Waals surface area contributed by atoms with E-state index in [9.17, 15) is 9.59 Å². The lowest BCUT2D eigenvalue weighted by atomic mass is 9.85. The van der Waals surface area contributed by atoms with Crippen LogP contribution >= 0.6 is 0 Å². The highest BCUT2D eigenvalue weighted by Crippen LogP contribution is 2.33. The Morgan fingerprint density at radius 2 is 1.76 bits per heavy atom. The van der Waals surface area contributed by atoms with Crippen molar-refractivity contribution in [1.29, 1.82) is 0 Å². The molecule has 0 saturated carbocycles. The highest BCUT2D eigenvalue weighted by atomic mass is 19.1. The number of hydrogen-bond acceptors (Lipinski definition) is 5. The number of nitrogens with one attached hydrogen (secondary N) is 2.